The van der Waals surface area contributed by atoms with Gasteiger partial charge in [0.1, 0.15) is 0 Å². The molecule has 0 amide bonds. The van der Waals surface area contributed by atoms with Gasteiger partial charge < -0.3 is 11.1 Å². The Labute approximate surface area is 106 Å². The normalized spacial score (nSPS) is 18.1. The molecule has 4 nitrogen and oxygen atoms in total. The molecule has 92 valence electrons. The van der Waals surface area contributed by atoms with Crippen LogP contribution < -0.4 is 11.1 Å². The van der Waals surface area contributed by atoms with Crippen molar-refractivity contribution in [1.82, 2.24) is 9.97 Å². The number of rotatable bonds is 2. The Kier molecular flexibility index (Phi) is 2.84. The molecular weight excluding hydrogens is 224 g/mol. The molecule has 3 N–H and O–H groups in total. The first-order chi connectivity index (χ1) is 8.81. The van der Waals surface area contributed by atoms with Gasteiger partial charge in [-0.15, -0.1) is 0 Å². The number of aromatic nitrogens is 2. The van der Waals surface area contributed by atoms with Crippen molar-refractivity contribution in [3.8, 4) is 0 Å². The zero-order chi connectivity index (χ0) is 12.4. The van der Waals surface area contributed by atoms with Crippen molar-refractivity contribution in [2.75, 3.05) is 11.1 Å². The van der Waals surface area contributed by atoms with Crippen LogP contribution >= 0.6 is 0 Å². The Morgan fingerprint density at radius 2 is 1.83 bits per heavy atom. The number of benzene rings is 1. The van der Waals surface area contributed by atoms with Crippen LogP contribution in [0.4, 0.5) is 11.6 Å². The SMILES string of the molecule is Nc1cnc(NC2CCc3ccccc3C2)nc1. The average molecular weight is 240 g/mol. The van der Waals surface area contributed by atoms with E-state index in [0.29, 0.717) is 17.7 Å². The van der Waals surface area contributed by atoms with Gasteiger partial charge in [-0.2, -0.15) is 0 Å². The van der Waals surface area contributed by atoms with E-state index in [9.17, 15) is 0 Å². The van der Waals surface area contributed by atoms with Crippen LogP contribution in [-0.4, -0.2) is 16.0 Å². The van der Waals surface area contributed by atoms with Gasteiger partial charge in [0.05, 0.1) is 18.1 Å². The number of fused-ring (bicyclic) bond motifs is 1. The van der Waals surface area contributed by atoms with Gasteiger partial charge in [-0.05, 0) is 30.4 Å². The van der Waals surface area contributed by atoms with Gasteiger partial charge in [0.2, 0.25) is 5.95 Å². The van der Waals surface area contributed by atoms with Crippen molar-refractivity contribution in [2.45, 2.75) is 25.3 Å². The second-order valence-corrected chi connectivity index (χ2v) is 4.69. The van der Waals surface area contributed by atoms with Crippen LogP contribution in [0.5, 0.6) is 0 Å². The fourth-order valence-corrected chi connectivity index (χ4v) is 2.42. The van der Waals surface area contributed by atoms with Crippen molar-refractivity contribution in [2.24, 2.45) is 0 Å². The van der Waals surface area contributed by atoms with E-state index in [-0.39, 0.29) is 0 Å². The van der Waals surface area contributed by atoms with Gasteiger partial charge in [-0.1, -0.05) is 24.3 Å². The molecule has 3 rings (SSSR count). The Balaban J connectivity index is 1.71. The molecule has 1 atom stereocenters. The molecule has 1 aromatic carbocycles. The highest BCUT2D eigenvalue weighted by atomic mass is 15.1. The van der Waals surface area contributed by atoms with Gasteiger partial charge in [0.25, 0.3) is 0 Å². The summed E-state index contributed by atoms with van der Waals surface area (Å²) in [6.07, 6.45) is 6.52. The number of aryl methyl sites for hydroxylation is 1. The van der Waals surface area contributed by atoms with E-state index >= 15 is 0 Å². The Bertz CT molecular complexity index is 536. The summed E-state index contributed by atoms with van der Waals surface area (Å²) in [5.74, 6) is 0.661. The molecule has 1 aliphatic carbocycles. The van der Waals surface area contributed by atoms with Gasteiger partial charge >= 0.3 is 0 Å². The van der Waals surface area contributed by atoms with E-state index < -0.39 is 0 Å². The molecule has 2 aromatic rings. The number of nitrogen functional groups attached to an aromatic ring is 1. The second-order valence-electron chi connectivity index (χ2n) is 4.69. The lowest BCUT2D eigenvalue weighted by atomic mass is 9.88. The molecule has 0 saturated carbocycles. The Hall–Kier alpha value is -2.10. The van der Waals surface area contributed by atoms with Crippen LogP contribution in [0, 0.1) is 0 Å². The predicted octanol–water partition coefficient (Wildman–Crippen LogP) is 2.03. The van der Waals surface area contributed by atoms with E-state index in [0.717, 1.165) is 19.3 Å². The largest absolute Gasteiger partial charge is 0.396 e. The fraction of sp³-hybridized carbons (Fsp3) is 0.286. The summed E-state index contributed by atoms with van der Waals surface area (Å²) in [7, 11) is 0. The lowest BCUT2D eigenvalue weighted by molar-refractivity contribution is 0.606. The number of nitrogens with one attached hydrogen (secondary N) is 1. The maximum atomic E-state index is 5.57. The third kappa shape index (κ3) is 2.27. The van der Waals surface area contributed by atoms with Gasteiger partial charge in [0, 0.05) is 6.04 Å². The summed E-state index contributed by atoms with van der Waals surface area (Å²) in [4.78, 5) is 8.36. The lowest BCUT2D eigenvalue weighted by Crippen LogP contribution is -2.28. The maximum Gasteiger partial charge on any atom is 0.222 e. The third-order valence-electron chi connectivity index (χ3n) is 3.35. The molecule has 0 fully saturated rings. The molecule has 18 heavy (non-hydrogen) atoms. The molecule has 1 unspecified atom stereocenters. The van der Waals surface area contributed by atoms with Crippen molar-refractivity contribution in [1.29, 1.82) is 0 Å². The molecule has 0 bridgehead atoms. The first kappa shape index (κ1) is 11.0. The van der Waals surface area contributed by atoms with E-state index in [2.05, 4.69) is 39.6 Å². The summed E-state index contributed by atoms with van der Waals surface area (Å²) in [5, 5.41) is 3.37. The number of nitrogens with two attached hydrogens (primary N) is 1. The fourth-order valence-electron chi connectivity index (χ4n) is 2.42. The second kappa shape index (κ2) is 4.64. The topological polar surface area (TPSA) is 63.8 Å². The van der Waals surface area contributed by atoms with E-state index in [4.69, 9.17) is 5.73 Å². The molecule has 0 radical (unpaired) electrons. The highest BCUT2D eigenvalue weighted by Gasteiger charge is 2.18. The number of nitrogens with zero attached hydrogens (tertiary/aromatic N) is 2. The summed E-state index contributed by atoms with van der Waals surface area (Å²) in [6, 6.07) is 9.03. The average Bonchev–Trinajstić information content (AvgIpc) is 2.41. The van der Waals surface area contributed by atoms with Gasteiger partial charge in [-0.25, -0.2) is 9.97 Å². The zero-order valence-electron chi connectivity index (χ0n) is 10.1. The zero-order valence-corrected chi connectivity index (χ0v) is 10.1. The summed E-state index contributed by atoms with van der Waals surface area (Å²) in [6.45, 7) is 0. The van der Waals surface area contributed by atoms with E-state index in [1.807, 2.05) is 0 Å². The van der Waals surface area contributed by atoms with Crippen LogP contribution in [0.25, 0.3) is 0 Å². The molecule has 0 saturated heterocycles. The summed E-state index contributed by atoms with van der Waals surface area (Å²) in [5.41, 5.74) is 9.06. The minimum absolute atomic E-state index is 0.406. The van der Waals surface area contributed by atoms with Crippen molar-refractivity contribution < 1.29 is 0 Å². The quantitative estimate of drug-likeness (QED) is 0.843. The molecule has 0 aliphatic heterocycles. The highest BCUT2D eigenvalue weighted by Crippen LogP contribution is 2.22. The number of hydrogen-bond acceptors (Lipinski definition) is 4. The van der Waals surface area contributed by atoms with Crippen molar-refractivity contribution in [3.63, 3.8) is 0 Å². The van der Waals surface area contributed by atoms with Crippen molar-refractivity contribution >= 4 is 11.6 Å². The summed E-state index contributed by atoms with van der Waals surface area (Å²) >= 11 is 0. The molecular formula is C14H16N4. The van der Waals surface area contributed by atoms with E-state index in [1.54, 1.807) is 12.4 Å². The van der Waals surface area contributed by atoms with E-state index in [1.165, 1.54) is 11.1 Å². The minimum atomic E-state index is 0.406. The minimum Gasteiger partial charge on any atom is -0.396 e. The van der Waals surface area contributed by atoms with Crippen LogP contribution in [0.1, 0.15) is 17.5 Å². The summed E-state index contributed by atoms with van der Waals surface area (Å²) < 4.78 is 0. The van der Waals surface area contributed by atoms with Crippen LogP contribution in [0.3, 0.4) is 0 Å². The smallest absolute Gasteiger partial charge is 0.222 e. The molecule has 1 aromatic heterocycles. The highest BCUT2D eigenvalue weighted by molar-refractivity contribution is 5.38. The number of hydrogen-bond donors (Lipinski definition) is 2. The molecule has 1 aliphatic rings. The molecule has 1 heterocycles. The number of anilines is 2. The Morgan fingerprint density at radius 1 is 1.11 bits per heavy atom. The first-order valence-electron chi connectivity index (χ1n) is 6.22. The van der Waals surface area contributed by atoms with Crippen LogP contribution in [0.2, 0.25) is 0 Å². The third-order valence-corrected chi connectivity index (χ3v) is 3.35. The predicted molar refractivity (Wildman–Crippen MR) is 72.3 cm³/mol. The standard InChI is InChI=1S/C14H16N4/c15-12-8-16-14(17-9-12)18-13-6-5-10-3-1-2-4-11(10)7-13/h1-4,8-9,13H,5-7,15H2,(H,16,17,18). The van der Waals surface area contributed by atoms with Crippen molar-refractivity contribution in [3.05, 3.63) is 47.8 Å². The molecule has 4 heteroatoms. The Morgan fingerprint density at radius 3 is 2.61 bits per heavy atom. The van der Waals surface area contributed by atoms with Crippen LogP contribution in [-0.2, 0) is 12.8 Å². The van der Waals surface area contributed by atoms with Gasteiger partial charge in [-0.3, -0.25) is 0 Å². The van der Waals surface area contributed by atoms with Gasteiger partial charge in [0.15, 0.2) is 0 Å². The molecule has 0 spiro atoms. The first-order valence-corrected chi connectivity index (χ1v) is 6.22. The lowest BCUT2D eigenvalue weighted by Gasteiger charge is -2.25. The monoisotopic (exact) mass is 240 g/mol. The maximum absolute atomic E-state index is 5.57. The van der Waals surface area contributed by atoms with Crippen LogP contribution in [0.15, 0.2) is 36.7 Å².